The van der Waals surface area contributed by atoms with Crippen LogP contribution in [-0.2, 0) is 16.2 Å². The van der Waals surface area contributed by atoms with Crippen molar-refractivity contribution in [3.8, 4) is 0 Å². The van der Waals surface area contributed by atoms with Crippen LogP contribution < -0.4 is 10.4 Å². The van der Waals surface area contributed by atoms with Crippen LogP contribution in [0.4, 0.5) is 5.69 Å². The van der Waals surface area contributed by atoms with Crippen LogP contribution in [0.15, 0.2) is 66.7 Å². The first-order chi connectivity index (χ1) is 14.7. The van der Waals surface area contributed by atoms with Gasteiger partial charge in [0.2, 0.25) is 5.91 Å². The van der Waals surface area contributed by atoms with Gasteiger partial charge in [0.1, 0.15) is 0 Å². The second-order valence-corrected chi connectivity index (χ2v) is 7.60. The SMILES string of the molecule is O=C(CCCCCCN1C(=O)c2cccc3cccc1c23)NOCc1ccccc1. The van der Waals surface area contributed by atoms with Crippen molar-refractivity contribution in [1.82, 2.24) is 5.48 Å². The van der Waals surface area contributed by atoms with Gasteiger partial charge in [-0.25, -0.2) is 5.48 Å². The number of nitrogens with one attached hydrogen (secondary N) is 1. The summed E-state index contributed by atoms with van der Waals surface area (Å²) in [5.74, 6) is -0.000443. The van der Waals surface area contributed by atoms with Crippen LogP contribution >= 0.6 is 0 Å². The maximum atomic E-state index is 12.7. The van der Waals surface area contributed by atoms with E-state index in [1.807, 2.05) is 71.6 Å². The van der Waals surface area contributed by atoms with E-state index in [0.717, 1.165) is 53.3 Å². The van der Waals surface area contributed by atoms with Crippen LogP contribution in [0, 0.1) is 0 Å². The predicted molar refractivity (Wildman–Crippen MR) is 118 cm³/mol. The Bertz CT molecular complexity index is 1030. The van der Waals surface area contributed by atoms with E-state index in [2.05, 4.69) is 5.48 Å². The van der Waals surface area contributed by atoms with Gasteiger partial charge in [-0.1, -0.05) is 67.4 Å². The summed E-state index contributed by atoms with van der Waals surface area (Å²) in [7, 11) is 0. The Morgan fingerprint density at radius 3 is 2.47 bits per heavy atom. The van der Waals surface area contributed by atoms with E-state index in [1.54, 1.807) is 0 Å². The van der Waals surface area contributed by atoms with Gasteiger partial charge < -0.3 is 4.90 Å². The highest BCUT2D eigenvalue weighted by molar-refractivity contribution is 6.24. The zero-order valence-electron chi connectivity index (χ0n) is 17.0. The molecule has 1 heterocycles. The molecule has 0 fully saturated rings. The molecule has 3 aromatic rings. The van der Waals surface area contributed by atoms with Crippen molar-refractivity contribution in [2.24, 2.45) is 0 Å². The van der Waals surface area contributed by atoms with Crippen molar-refractivity contribution >= 4 is 28.3 Å². The molecule has 5 nitrogen and oxygen atoms in total. The highest BCUT2D eigenvalue weighted by Gasteiger charge is 2.28. The minimum absolute atomic E-state index is 0.0942. The van der Waals surface area contributed by atoms with Crippen molar-refractivity contribution < 1.29 is 14.4 Å². The van der Waals surface area contributed by atoms with Gasteiger partial charge in [0.15, 0.2) is 0 Å². The zero-order chi connectivity index (χ0) is 20.8. The molecule has 4 rings (SSSR count). The van der Waals surface area contributed by atoms with Gasteiger partial charge in [0.05, 0.1) is 12.3 Å². The Morgan fingerprint density at radius 2 is 1.63 bits per heavy atom. The smallest absolute Gasteiger partial charge is 0.258 e. The summed E-state index contributed by atoms with van der Waals surface area (Å²) in [4.78, 5) is 31.8. The van der Waals surface area contributed by atoms with E-state index in [-0.39, 0.29) is 11.8 Å². The molecular weight excluding hydrogens is 376 g/mol. The van der Waals surface area contributed by atoms with Crippen molar-refractivity contribution in [3.63, 3.8) is 0 Å². The van der Waals surface area contributed by atoms with Gasteiger partial charge in [0.25, 0.3) is 5.91 Å². The Labute approximate surface area is 176 Å². The molecule has 2 amide bonds. The summed E-state index contributed by atoms with van der Waals surface area (Å²) in [5, 5.41) is 2.18. The third-order valence-corrected chi connectivity index (χ3v) is 5.45. The Kier molecular flexibility index (Phi) is 6.40. The molecule has 0 aromatic heterocycles. The lowest BCUT2D eigenvalue weighted by Gasteiger charge is -2.17. The highest BCUT2D eigenvalue weighted by Crippen LogP contribution is 2.37. The number of unbranched alkanes of at least 4 members (excludes halogenated alkanes) is 3. The molecule has 0 saturated carbocycles. The van der Waals surface area contributed by atoms with Crippen LogP contribution in [-0.4, -0.2) is 18.4 Å². The van der Waals surface area contributed by atoms with E-state index < -0.39 is 0 Å². The molecule has 0 unspecified atom stereocenters. The number of hydrogen-bond donors (Lipinski definition) is 1. The summed E-state index contributed by atoms with van der Waals surface area (Å²) in [6.07, 6.45) is 4.11. The van der Waals surface area contributed by atoms with Crippen LogP contribution in [0.3, 0.4) is 0 Å². The van der Waals surface area contributed by atoms with Crippen molar-refractivity contribution in [2.45, 2.75) is 38.7 Å². The number of amides is 2. The quantitative estimate of drug-likeness (QED) is 0.384. The average Bonchev–Trinajstić information content (AvgIpc) is 3.05. The fraction of sp³-hybridized carbons (Fsp3) is 0.280. The van der Waals surface area contributed by atoms with E-state index in [0.29, 0.717) is 19.6 Å². The lowest BCUT2D eigenvalue weighted by Crippen LogP contribution is -2.27. The number of nitrogens with zero attached hydrogens (tertiary/aromatic N) is 1. The maximum absolute atomic E-state index is 12.7. The number of rotatable bonds is 10. The van der Waals surface area contributed by atoms with Gasteiger partial charge in [-0.05, 0) is 35.9 Å². The largest absolute Gasteiger partial charge is 0.308 e. The van der Waals surface area contributed by atoms with Crippen molar-refractivity contribution in [3.05, 3.63) is 77.9 Å². The molecule has 0 radical (unpaired) electrons. The Balaban J connectivity index is 1.14. The van der Waals surface area contributed by atoms with E-state index in [1.165, 1.54) is 0 Å². The molecule has 1 aliphatic heterocycles. The molecule has 3 aromatic carbocycles. The standard InChI is InChI=1S/C25H26N2O3/c28-23(26-30-18-19-10-4-3-5-11-19)16-6-1-2-7-17-27-22-15-9-13-20-12-8-14-21(24(20)22)25(27)29/h3-5,8-15H,1-2,6-7,16-18H2,(H,26,28). The molecule has 154 valence electrons. The van der Waals surface area contributed by atoms with E-state index in [4.69, 9.17) is 4.84 Å². The molecule has 0 aliphatic carbocycles. The minimum Gasteiger partial charge on any atom is -0.308 e. The first-order valence-corrected chi connectivity index (χ1v) is 10.5. The minimum atomic E-state index is -0.0946. The second kappa shape index (κ2) is 9.55. The van der Waals surface area contributed by atoms with Crippen LogP contribution in [0.5, 0.6) is 0 Å². The third-order valence-electron chi connectivity index (χ3n) is 5.45. The molecule has 1 N–H and O–H groups in total. The number of carbonyl (C=O) groups excluding carboxylic acids is 2. The molecule has 0 saturated heterocycles. The number of benzene rings is 3. The van der Waals surface area contributed by atoms with Crippen molar-refractivity contribution in [1.29, 1.82) is 0 Å². The summed E-state index contributed by atoms with van der Waals surface area (Å²) in [5.41, 5.74) is 5.34. The molecule has 5 heteroatoms. The average molecular weight is 402 g/mol. The van der Waals surface area contributed by atoms with Crippen LogP contribution in [0.2, 0.25) is 0 Å². The predicted octanol–water partition coefficient (Wildman–Crippen LogP) is 5.00. The van der Waals surface area contributed by atoms with Gasteiger partial charge in [-0.15, -0.1) is 0 Å². The first kappa shape index (κ1) is 20.1. The number of hydrogen-bond acceptors (Lipinski definition) is 3. The highest BCUT2D eigenvalue weighted by atomic mass is 16.6. The summed E-state index contributed by atoms with van der Waals surface area (Å²) < 4.78 is 0. The zero-order valence-corrected chi connectivity index (χ0v) is 17.0. The molecule has 0 spiro atoms. The maximum Gasteiger partial charge on any atom is 0.258 e. The summed E-state index contributed by atoms with van der Waals surface area (Å²) >= 11 is 0. The van der Waals surface area contributed by atoms with Crippen LogP contribution in [0.1, 0.15) is 48.0 Å². The van der Waals surface area contributed by atoms with E-state index in [9.17, 15) is 9.59 Å². The molecular formula is C25H26N2O3. The fourth-order valence-electron chi connectivity index (χ4n) is 3.94. The topological polar surface area (TPSA) is 58.6 Å². The Hall–Kier alpha value is -3.18. The molecule has 30 heavy (non-hydrogen) atoms. The first-order valence-electron chi connectivity index (χ1n) is 10.5. The number of hydroxylamine groups is 1. The fourth-order valence-corrected chi connectivity index (χ4v) is 3.94. The molecule has 0 atom stereocenters. The normalized spacial score (nSPS) is 12.5. The lowest BCUT2D eigenvalue weighted by atomic mass is 10.1. The second-order valence-electron chi connectivity index (χ2n) is 7.60. The molecule has 1 aliphatic rings. The van der Waals surface area contributed by atoms with Crippen LogP contribution in [0.25, 0.3) is 10.8 Å². The van der Waals surface area contributed by atoms with Gasteiger partial charge in [-0.2, -0.15) is 0 Å². The van der Waals surface area contributed by atoms with Gasteiger partial charge in [-0.3, -0.25) is 14.4 Å². The summed E-state index contributed by atoms with van der Waals surface area (Å²) in [6.45, 7) is 1.07. The third kappa shape index (κ3) is 4.52. The van der Waals surface area contributed by atoms with E-state index >= 15 is 0 Å². The van der Waals surface area contributed by atoms with Gasteiger partial charge in [0, 0.05) is 23.9 Å². The summed E-state index contributed by atoms with van der Waals surface area (Å²) in [6, 6.07) is 21.7. The van der Waals surface area contributed by atoms with Gasteiger partial charge >= 0.3 is 0 Å². The monoisotopic (exact) mass is 402 g/mol. The molecule has 0 bridgehead atoms. The number of anilines is 1. The Morgan fingerprint density at radius 1 is 0.867 bits per heavy atom. The lowest BCUT2D eigenvalue weighted by molar-refractivity contribution is -0.134. The number of carbonyl (C=O) groups is 2. The van der Waals surface area contributed by atoms with Crippen molar-refractivity contribution in [2.75, 3.05) is 11.4 Å².